The Labute approximate surface area is 107 Å². The Morgan fingerprint density at radius 2 is 1.83 bits per heavy atom. The standard InChI is InChI=1S/C15H20N2O/c1-4-10-17-15(18)13(5-2)14(16-17)12-8-6-11(3)7-9-12/h6-9,16H,4-5,10H2,1-3H3. The molecule has 0 atom stereocenters. The molecule has 1 aromatic carbocycles. The zero-order valence-corrected chi connectivity index (χ0v) is 11.3. The first kappa shape index (κ1) is 12.7. The second-order valence-corrected chi connectivity index (χ2v) is 4.64. The molecule has 2 rings (SSSR count). The average Bonchev–Trinajstić information content (AvgIpc) is 2.68. The second-order valence-electron chi connectivity index (χ2n) is 4.64. The van der Waals surface area contributed by atoms with Crippen LogP contribution in [-0.4, -0.2) is 9.78 Å². The minimum atomic E-state index is 0.120. The molecule has 0 spiro atoms. The van der Waals surface area contributed by atoms with E-state index in [0.717, 1.165) is 36.2 Å². The molecule has 0 aliphatic rings. The molecule has 0 radical (unpaired) electrons. The van der Waals surface area contributed by atoms with Gasteiger partial charge in [0.1, 0.15) is 0 Å². The van der Waals surface area contributed by atoms with Crippen LogP contribution in [0.5, 0.6) is 0 Å². The second kappa shape index (κ2) is 5.25. The molecule has 0 aliphatic heterocycles. The van der Waals surface area contributed by atoms with Gasteiger partial charge in [-0.05, 0) is 25.3 Å². The van der Waals surface area contributed by atoms with Gasteiger partial charge in [0, 0.05) is 12.1 Å². The molecular weight excluding hydrogens is 224 g/mol. The fourth-order valence-corrected chi connectivity index (χ4v) is 2.19. The van der Waals surface area contributed by atoms with Gasteiger partial charge in [-0.3, -0.25) is 14.6 Å². The normalized spacial score (nSPS) is 10.8. The van der Waals surface area contributed by atoms with Crippen molar-refractivity contribution >= 4 is 0 Å². The lowest BCUT2D eigenvalue weighted by Gasteiger charge is -2.02. The Morgan fingerprint density at radius 3 is 2.39 bits per heavy atom. The lowest BCUT2D eigenvalue weighted by atomic mass is 10.1. The summed E-state index contributed by atoms with van der Waals surface area (Å²) in [7, 11) is 0. The van der Waals surface area contributed by atoms with Crippen molar-refractivity contribution < 1.29 is 0 Å². The molecule has 3 nitrogen and oxygen atoms in total. The van der Waals surface area contributed by atoms with E-state index in [1.54, 1.807) is 4.68 Å². The topological polar surface area (TPSA) is 37.8 Å². The Bertz CT molecular complexity index is 576. The van der Waals surface area contributed by atoms with Gasteiger partial charge in [-0.2, -0.15) is 0 Å². The highest BCUT2D eigenvalue weighted by molar-refractivity contribution is 5.63. The van der Waals surface area contributed by atoms with Gasteiger partial charge in [0.15, 0.2) is 0 Å². The molecule has 96 valence electrons. The van der Waals surface area contributed by atoms with Crippen molar-refractivity contribution in [1.82, 2.24) is 9.78 Å². The van der Waals surface area contributed by atoms with Crippen LogP contribution >= 0.6 is 0 Å². The molecule has 0 amide bonds. The zero-order chi connectivity index (χ0) is 13.1. The smallest absolute Gasteiger partial charge is 0.270 e. The predicted molar refractivity (Wildman–Crippen MR) is 74.9 cm³/mol. The van der Waals surface area contributed by atoms with Crippen molar-refractivity contribution in [3.05, 3.63) is 45.7 Å². The summed E-state index contributed by atoms with van der Waals surface area (Å²) in [5, 5.41) is 3.24. The van der Waals surface area contributed by atoms with Gasteiger partial charge < -0.3 is 0 Å². The minimum absolute atomic E-state index is 0.120. The quantitative estimate of drug-likeness (QED) is 0.881. The Hall–Kier alpha value is -1.77. The third-order valence-corrected chi connectivity index (χ3v) is 3.19. The number of hydrogen-bond acceptors (Lipinski definition) is 1. The van der Waals surface area contributed by atoms with Gasteiger partial charge in [-0.15, -0.1) is 0 Å². The molecule has 0 saturated heterocycles. The summed E-state index contributed by atoms with van der Waals surface area (Å²) >= 11 is 0. The molecule has 0 fully saturated rings. The van der Waals surface area contributed by atoms with Gasteiger partial charge in [0.25, 0.3) is 5.56 Å². The largest absolute Gasteiger partial charge is 0.295 e. The van der Waals surface area contributed by atoms with Gasteiger partial charge in [0.2, 0.25) is 0 Å². The lowest BCUT2D eigenvalue weighted by Crippen LogP contribution is -2.18. The maximum atomic E-state index is 12.2. The van der Waals surface area contributed by atoms with Crippen molar-refractivity contribution in [1.29, 1.82) is 0 Å². The summed E-state index contributed by atoms with van der Waals surface area (Å²) in [6.07, 6.45) is 1.71. The van der Waals surface area contributed by atoms with Crippen molar-refractivity contribution in [3.8, 4) is 11.3 Å². The van der Waals surface area contributed by atoms with Crippen LogP contribution in [0.15, 0.2) is 29.1 Å². The van der Waals surface area contributed by atoms with Crippen LogP contribution in [-0.2, 0) is 13.0 Å². The Balaban J connectivity index is 2.53. The average molecular weight is 244 g/mol. The van der Waals surface area contributed by atoms with Crippen LogP contribution < -0.4 is 5.56 Å². The van der Waals surface area contributed by atoms with Crippen LogP contribution in [0.25, 0.3) is 11.3 Å². The summed E-state index contributed by atoms with van der Waals surface area (Å²) in [5.41, 5.74) is 4.29. The molecule has 0 saturated carbocycles. The SMILES string of the molecule is CCCn1[nH]c(-c2ccc(C)cc2)c(CC)c1=O. The van der Waals surface area contributed by atoms with Gasteiger partial charge in [-0.1, -0.05) is 43.7 Å². The minimum Gasteiger partial charge on any atom is -0.295 e. The highest BCUT2D eigenvalue weighted by Crippen LogP contribution is 2.20. The van der Waals surface area contributed by atoms with Crippen molar-refractivity contribution in [2.45, 2.75) is 40.2 Å². The number of aromatic amines is 1. The first-order valence-corrected chi connectivity index (χ1v) is 6.56. The zero-order valence-electron chi connectivity index (χ0n) is 11.3. The summed E-state index contributed by atoms with van der Waals surface area (Å²) in [4.78, 5) is 12.2. The van der Waals surface area contributed by atoms with E-state index in [1.807, 2.05) is 6.92 Å². The highest BCUT2D eigenvalue weighted by atomic mass is 16.1. The van der Waals surface area contributed by atoms with E-state index in [2.05, 4.69) is 43.2 Å². The highest BCUT2D eigenvalue weighted by Gasteiger charge is 2.13. The van der Waals surface area contributed by atoms with Crippen LogP contribution in [0.1, 0.15) is 31.4 Å². The van der Waals surface area contributed by atoms with E-state index >= 15 is 0 Å². The van der Waals surface area contributed by atoms with E-state index < -0.39 is 0 Å². The first-order valence-electron chi connectivity index (χ1n) is 6.56. The summed E-state index contributed by atoms with van der Waals surface area (Å²) < 4.78 is 1.72. The monoisotopic (exact) mass is 244 g/mol. The molecule has 2 aromatic rings. The fraction of sp³-hybridized carbons (Fsp3) is 0.400. The van der Waals surface area contributed by atoms with Crippen molar-refractivity contribution in [3.63, 3.8) is 0 Å². The van der Waals surface area contributed by atoms with E-state index in [0.29, 0.717) is 0 Å². The van der Waals surface area contributed by atoms with Crippen LogP contribution in [0.3, 0.4) is 0 Å². The summed E-state index contributed by atoms with van der Waals surface area (Å²) in [6, 6.07) is 8.28. The van der Waals surface area contributed by atoms with Crippen molar-refractivity contribution in [2.75, 3.05) is 0 Å². The van der Waals surface area contributed by atoms with E-state index in [1.165, 1.54) is 5.56 Å². The summed E-state index contributed by atoms with van der Waals surface area (Å²) in [5.74, 6) is 0. The van der Waals surface area contributed by atoms with E-state index in [4.69, 9.17) is 0 Å². The number of hydrogen-bond donors (Lipinski definition) is 1. The Morgan fingerprint density at radius 1 is 1.17 bits per heavy atom. The molecule has 18 heavy (non-hydrogen) atoms. The van der Waals surface area contributed by atoms with Gasteiger partial charge in [-0.25, -0.2) is 0 Å². The molecule has 1 aromatic heterocycles. The van der Waals surface area contributed by atoms with Gasteiger partial charge in [0.05, 0.1) is 5.69 Å². The number of aromatic nitrogens is 2. The Kier molecular flexibility index (Phi) is 3.70. The first-order chi connectivity index (χ1) is 8.67. The maximum Gasteiger partial charge on any atom is 0.270 e. The molecule has 3 heteroatoms. The van der Waals surface area contributed by atoms with Crippen molar-refractivity contribution in [2.24, 2.45) is 0 Å². The number of rotatable bonds is 4. The number of nitrogens with one attached hydrogen (secondary N) is 1. The fourth-order valence-electron chi connectivity index (χ4n) is 2.19. The number of H-pyrrole nitrogens is 1. The number of nitrogens with zero attached hydrogens (tertiary/aromatic N) is 1. The predicted octanol–water partition coefficient (Wildman–Crippen LogP) is 3.12. The van der Waals surface area contributed by atoms with Gasteiger partial charge >= 0.3 is 0 Å². The number of benzene rings is 1. The van der Waals surface area contributed by atoms with Crippen LogP contribution in [0, 0.1) is 6.92 Å². The third-order valence-electron chi connectivity index (χ3n) is 3.19. The number of aryl methyl sites for hydroxylation is 2. The van der Waals surface area contributed by atoms with E-state index in [9.17, 15) is 4.79 Å². The lowest BCUT2D eigenvalue weighted by molar-refractivity contribution is 0.585. The molecule has 0 unspecified atom stereocenters. The molecular formula is C15H20N2O. The van der Waals surface area contributed by atoms with E-state index in [-0.39, 0.29) is 5.56 Å². The third kappa shape index (κ3) is 2.26. The molecule has 1 N–H and O–H groups in total. The molecule has 0 bridgehead atoms. The maximum absolute atomic E-state index is 12.2. The summed E-state index contributed by atoms with van der Waals surface area (Å²) in [6.45, 7) is 6.91. The molecule has 0 aliphatic carbocycles. The molecule has 1 heterocycles. The van der Waals surface area contributed by atoms with Crippen LogP contribution in [0.2, 0.25) is 0 Å². The van der Waals surface area contributed by atoms with Crippen LogP contribution in [0.4, 0.5) is 0 Å².